The van der Waals surface area contributed by atoms with E-state index < -0.39 is 0 Å². The van der Waals surface area contributed by atoms with E-state index in [4.69, 9.17) is 14.4 Å². The Bertz CT molecular complexity index is 1900. The van der Waals surface area contributed by atoms with Gasteiger partial charge in [-0.15, -0.1) is 0 Å². The summed E-state index contributed by atoms with van der Waals surface area (Å²) in [4.78, 5) is 9.86. The number of para-hydroxylation sites is 2. The van der Waals surface area contributed by atoms with Gasteiger partial charge in [-0.25, -0.2) is 9.97 Å². The number of aromatic nitrogens is 2. The van der Waals surface area contributed by atoms with Gasteiger partial charge in [-0.2, -0.15) is 0 Å². The molecule has 0 amide bonds. The van der Waals surface area contributed by atoms with Crippen molar-refractivity contribution in [3.05, 3.63) is 96.3 Å². The molecule has 0 atom stereocenters. The third-order valence-corrected chi connectivity index (χ3v) is 6.66. The van der Waals surface area contributed by atoms with E-state index in [0.29, 0.717) is 0 Å². The van der Waals surface area contributed by atoms with Gasteiger partial charge in [-0.1, -0.05) is 66.7 Å². The molecule has 3 nitrogen and oxygen atoms in total. The van der Waals surface area contributed by atoms with Crippen LogP contribution in [0.1, 0.15) is 11.4 Å². The molecule has 156 valence electrons. The van der Waals surface area contributed by atoms with Crippen molar-refractivity contribution in [2.45, 2.75) is 13.8 Å². The Morgan fingerprint density at radius 1 is 0.636 bits per heavy atom. The van der Waals surface area contributed by atoms with Crippen molar-refractivity contribution in [1.82, 2.24) is 9.97 Å². The van der Waals surface area contributed by atoms with E-state index in [1.54, 1.807) is 0 Å². The Hall–Kier alpha value is -4.24. The lowest BCUT2D eigenvalue weighted by Crippen LogP contribution is -1.96. The fraction of sp³-hybridized carbons (Fsp3) is 0.0667. The number of furan rings is 1. The Balaban J connectivity index is 1.63. The SMILES string of the molecule is Cc1nc(-c2cccc3c2oc2ccccc23)c2ccc3c4ccccc4cc(C)c3c2n1. The lowest BCUT2D eigenvalue weighted by molar-refractivity contribution is 0.670. The molecular formula is C30H20N2O. The average Bonchev–Trinajstić information content (AvgIpc) is 3.22. The summed E-state index contributed by atoms with van der Waals surface area (Å²) in [5, 5.41) is 8.18. The highest BCUT2D eigenvalue weighted by atomic mass is 16.3. The van der Waals surface area contributed by atoms with Gasteiger partial charge in [0.15, 0.2) is 0 Å². The van der Waals surface area contributed by atoms with Crippen LogP contribution < -0.4 is 0 Å². The lowest BCUT2D eigenvalue weighted by atomic mass is 9.94. The van der Waals surface area contributed by atoms with Gasteiger partial charge in [0.25, 0.3) is 0 Å². The summed E-state index contributed by atoms with van der Waals surface area (Å²) in [6.45, 7) is 4.14. The van der Waals surface area contributed by atoms with Crippen molar-refractivity contribution in [2.75, 3.05) is 0 Å². The summed E-state index contributed by atoms with van der Waals surface area (Å²) in [6, 6.07) is 29.7. The zero-order chi connectivity index (χ0) is 22.1. The second-order valence-electron chi connectivity index (χ2n) is 8.70. The molecule has 0 aliphatic rings. The Labute approximate surface area is 190 Å². The first-order valence-corrected chi connectivity index (χ1v) is 11.2. The average molecular weight is 425 g/mol. The van der Waals surface area contributed by atoms with E-state index >= 15 is 0 Å². The summed E-state index contributed by atoms with van der Waals surface area (Å²) in [7, 11) is 0. The van der Waals surface area contributed by atoms with Crippen molar-refractivity contribution in [1.29, 1.82) is 0 Å². The Kier molecular flexibility index (Phi) is 3.68. The molecule has 0 spiro atoms. The lowest BCUT2D eigenvalue weighted by Gasteiger charge is -2.13. The molecule has 5 aromatic carbocycles. The van der Waals surface area contributed by atoms with Gasteiger partial charge in [0.2, 0.25) is 0 Å². The summed E-state index contributed by atoms with van der Waals surface area (Å²) in [6.07, 6.45) is 0. The van der Waals surface area contributed by atoms with Gasteiger partial charge in [-0.3, -0.25) is 0 Å². The van der Waals surface area contributed by atoms with Gasteiger partial charge in [-0.05, 0) is 53.8 Å². The molecule has 0 bridgehead atoms. The maximum absolute atomic E-state index is 6.34. The van der Waals surface area contributed by atoms with E-state index in [1.807, 2.05) is 25.1 Å². The van der Waals surface area contributed by atoms with Gasteiger partial charge >= 0.3 is 0 Å². The third kappa shape index (κ3) is 2.56. The fourth-order valence-electron chi connectivity index (χ4n) is 5.24. The summed E-state index contributed by atoms with van der Waals surface area (Å²) in [5.41, 5.74) is 5.89. The highest BCUT2D eigenvalue weighted by Gasteiger charge is 2.18. The highest BCUT2D eigenvalue weighted by molar-refractivity contribution is 6.20. The standard InChI is InChI=1S/C30H20N2O/c1-17-16-19-8-3-4-9-20(19)22-14-15-24-28(31-18(2)32-29(24)27(17)22)25-12-7-11-23-21-10-5-6-13-26(21)33-30(23)25/h3-16H,1-2H3. The Morgan fingerprint density at radius 3 is 2.30 bits per heavy atom. The molecule has 3 heteroatoms. The van der Waals surface area contributed by atoms with Gasteiger partial charge in [0, 0.05) is 27.1 Å². The first kappa shape index (κ1) is 18.3. The molecule has 0 unspecified atom stereocenters. The number of hydrogen-bond donors (Lipinski definition) is 0. The van der Waals surface area contributed by atoms with Crippen LogP contribution in [0.3, 0.4) is 0 Å². The smallest absolute Gasteiger partial charge is 0.144 e. The molecule has 7 aromatic rings. The highest BCUT2D eigenvalue weighted by Crippen LogP contribution is 2.40. The molecule has 0 N–H and O–H groups in total. The minimum Gasteiger partial charge on any atom is -0.455 e. The van der Waals surface area contributed by atoms with Gasteiger partial charge in [0.05, 0.1) is 11.2 Å². The molecule has 0 aliphatic carbocycles. The normalized spacial score (nSPS) is 11.9. The first-order valence-electron chi connectivity index (χ1n) is 11.2. The minimum absolute atomic E-state index is 0.755. The topological polar surface area (TPSA) is 38.9 Å². The van der Waals surface area contributed by atoms with Crippen molar-refractivity contribution in [2.24, 2.45) is 0 Å². The number of fused-ring (bicyclic) bond motifs is 8. The van der Waals surface area contributed by atoms with Crippen LogP contribution in [-0.2, 0) is 0 Å². The maximum atomic E-state index is 6.34. The third-order valence-electron chi connectivity index (χ3n) is 6.66. The predicted octanol–water partition coefficient (Wildman–Crippen LogP) is 8.12. The molecule has 7 rings (SSSR count). The second kappa shape index (κ2) is 6.63. The van der Waals surface area contributed by atoms with Crippen molar-refractivity contribution >= 4 is 54.4 Å². The largest absolute Gasteiger partial charge is 0.455 e. The van der Waals surface area contributed by atoms with Gasteiger partial charge in [0.1, 0.15) is 17.0 Å². The monoisotopic (exact) mass is 424 g/mol. The number of aryl methyl sites for hydroxylation is 2. The van der Waals surface area contributed by atoms with Crippen LogP contribution in [0.25, 0.3) is 65.6 Å². The van der Waals surface area contributed by atoms with Crippen LogP contribution in [0.5, 0.6) is 0 Å². The minimum atomic E-state index is 0.755. The predicted molar refractivity (Wildman–Crippen MR) is 137 cm³/mol. The number of hydrogen-bond acceptors (Lipinski definition) is 3. The summed E-state index contributed by atoms with van der Waals surface area (Å²) >= 11 is 0. The van der Waals surface area contributed by atoms with Crippen molar-refractivity contribution < 1.29 is 4.42 Å². The van der Waals surface area contributed by atoms with E-state index in [1.165, 1.54) is 27.1 Å². The number of benzene rings is 5. The van der Waals surface area contributed by atoms with E-state index in [9.17, 15) is 0 Å². The molecular weight excluding hydrogens is 404 g/mol. The Morgan fingerprint density at radius 2 is 1.39 bits per heavy atom. The van der Waals surface area contributed by atoms with Crippen LogP contribution in [0, 0.1) is 13.8 Å². The van der Waals surface area contributed by atoms with Crippen molar-refractivity contribution in [3.63, 3.8) is 0 Å². The second-order valence-corrected chi connectivity index (χ2v) is 8.70. The fourth-order valence-corrected chi connectivity index (χ4v) is 5.24. The number of nitrogens with zero attached hydrogens (tertiary/aromatic N) is 2. The van der Waals surface area contributed by atoms with E-state index in [0.717, 1.165) is 49.9 Å². The molecule has 0 aliphatic heterocycles. The van der Waals surface area contributed by atoms with E-state index in [-0.39, 0.29) is 0 Å². The molecule has 0 saturated heterocycles. The molecule has 0 saturated carbocycles. The van der Waals surface area contributed by atoms with Crippen LogP contribution in [0.15, 0.2) is 89.3 Å². The van der Waals surface area contributed by atoms with Gasteiger partial charge < -0.3 is 4.42 Å². The summed E-state index contributed by atoms with van der Waals surface area (Å²) < 4.78 is 6.34. The zero-order valence-electron chi connectivity index (χ0n) is 18.4. The molecule has 0 fully saturated rings. The molecule has 2 heterocycles. The van der Waals surface area contributed by atoms with Crippen molar-refractivity contribution in [3.8, 4) is 11.3 Å². The van der Waals surface area contributed by atoms with Crippen LogP contribution in [0.2, 0.25) is 0 Å². The van der Waals surface area contributed by atoms with Crippen LogP contribution in [-0.4, -0.2) is 9.97 Å². The number of rotatable bonds is 1. The first-order chi connectivity index (χ1) is 16.2. The molecule has 0 radical (unpaired) electrons. The zero-order valence-corrected chi connectivity index (χ0v) is 18.4. The maximum Gasteiger partial charge on any atom is 0.144 e. The van der Waals surface area contributed by atoms with Crippen LogP contribution >= 0.6 is 0 Å². The molecule has 33 heavy (non-hydrogen) atoms. The van der Waals surface area contributed by atoms with Crippen LogP contribution in [0.4, 0.5) is 0 Å². The quantitative estimate of drug-likeness (QED) is 0.250. The molecule has 2 aromatic heterocycles. The summed E-state index contributed by atoms with van der Waals surface area (Å²) in [5.74, 6) is 0.755. The van der Waals surface area contributed by atoms with E-state index in [2.05, 4.69) is 73.7 Å².